The number of thiazole rings is 1. The van der Waals surface area contributed by atoms with Gasteiger partial charge in [0, 0.05) is 11.1 Å². The Morgan fingerprint density at radius 3 is 2.84 bits per heavy atom. The van der Waals surface area contributed by atoms with E-state index in [4.69, 9.17) is 12.2 Å². The topological polar surface area (TPSA) is 49.3 Å². The van der Waals surface area contributed by atoms with E-state index in [0.29, 0.717) is 5.11 Å². The number of nitrogens with zero attached hydrogens (tertiary/aromatic N) is 2. The maximum Gasteiger partial charge on any atom is 0.191 e. The minimum Gasteiger partial charge on any atom is -0.331 e. The number of anilines is 1. The molecule has 0 amide bonds. The molecule has 0 saturated carbocycles. The molecule has 0 saturated heterocycles. The van der Waals surface area contributed by atoms with E-state index in [1.165, 1.54) is 0 Å². The molecule has 0 fully saturated rings. The van der Waals surface area contributed by atoms with Gasteiger partial charge in [-0.3, -0.25) is 5.43 Å². The third kappa shape index (κ3) is 4.11. The highest BCUT2D eigenvalue weighted by atomic mass is 32.1. The predicted molar refractivity (Wildman–Crippen MR) is 85.0 cm³/mol. The quantitative estimate of drug-likeness (QED) is 0.518. The fourth-order valence-corrected chi connectivity index (χ4v) is 2.19. The van der Waals surface area contributed by atoms with Gasteiger partial charge in [-0.05, 0) is 37.7 Å². The van der Waals surface area contributed by atoms with Gasteiger partial charge >= 0.3 is 0 Å². The zero-order valence-electron chi connectivity index (χ0n) is 10.7. The van der Waals surface area contributed by atoms with E-state index >= 15 is 0 Å². The Morgan fingerprint density at radius 2 is 2.16 bits per heavy atom. The highest BCUT2D eigenvalue weighted by Crippen LogP contribution is 2.12. The van der Waals surface area contributed by atoms with E-state index in [1.807, 2.05) is 43.5 Å². The third-order valence-corrected chi connectivity index (χ3v) is 3.38. The number of benzene rings is 1. The largest absolute Gasteiger partial charge is 0.331 e. The minimum absolute atomic E-state index is 0.456. The van der Waals surface area contributed by atoms with Crippen molar-refractivity contribution in [2.45, 2.75) is 13.8 Å². The number of hydrazone groups is 1. The Morgan fingerprint density at radius 1 is 1.37 bits per heavy atom. The molecule has 98 valence electrons. The Kier molecular flexibility index (Phi) is 4.59. The van der Waals surface area contributed by atoms with Crippen LogP contribution in [0.4, 0.5) is 5.69 Å². The zero-order valence-corrected chi connectivity index (χ0v) is 12.3. The van der Waals surface area contributed by atoms with E-state index in [2.05, 4.69) is 20.8 Å². The summed E-state index contributed by atoms with van der Waals surface area (Å²) >= 11 is 6.75. The molecule has 0 radical (unpaired) electrons. The fourth-order valence-electron chi connectivity index (χ4n) is 1.46. The highest BCUT2D eigenvalue weighted by molar-refractivity contribution is 7.80. The molecule has 4 nitrogen and oxygen atoms in total. The average Bonchev–Trinajstić information content (AvgIpc) is 2.78. The lowest BCUT2D eigenvalue weighted by atomic mass is 10.2. The molecule has 19 heavy (non-hydrogen) atoms. The number of para-hydroxylation sites is 1. The summed E-state index contributed by atoms with van der Waals surface area (Å²) < 4.78 is 0. The van der Waals surface area contributed by atoms with Crippen LogP contribution in [0, 0.1) is 13.8 Å². The van der Waals surface area contributed by atoms with Gasteiger partial charge in [0.2, 0.25) is 0 Å². The molecule has 0 bridgehead atoms. The first-order valence-electron chi connectivity index (χ1n) is 5.73. The van der Waals surface area contributed by atoms with Crippen LogP contribution in [0.15, 0.2) is 34.7 Å². The molecular weight excluding hydrogens is 276 g/mol. The summed E-state index contributed by atoms with van der Waals surface area (Å²) in [4.78, 5) is 4.27. The van der Waals surface area contributed by atoms with Crippen molar-refractivity contribution in [1.29, 1.82) is 0 Å². The van der Waals surface area contributed by atoms with Crippen LogP contribution in [-0.2, 0) is 0 Å². The van der Waals surface area contributed by atoms with Crippen LogP contribution in [-0.4, -0.2) is 16.3 Å². The molecule has 2 rings (SSSR count). The minimum atomic E-state index is 0.456. The first-order valence-corrected chi connectivity index (χ1v) is 7.02. The molecule has 0 aliphatic carbocycles. The van der Waals surface area contributed by atoms with E-state index in [1.54, 1.807) is 17.6 Å². The number of thiocarbonyl (C=S) groups is 1. The summed E-state index contributed by atoms with van der Waals surface area (Å²) in [5, 5.41) is 10.6. The van der Waals surface area contributed by atoms with Gasteiger partial charge in [0.15, 0.2) is 5.11 Å². The summed E-state index contributed by atoms with van der Waals surface area (Å²) in [6.07, 6.45) is 1.65. The van der Waals surface area contributed by atoms with Crippen molar-refractivity contribution in [3.63, 3.8) is 0 Å². The van der Waals surface area contributed by atoms with Crippen LogP contribution >= 0.6 is 23.6 Å². The van der Waals surface area contributed by atoms with E-state index < -0.39 is 0 Å². The molecule has 0 unspecified atom stereocenters. The molecule has 2 aromatic rings. The van der Waals surface area contributed by atoms with Crippen LogP contribution in [0.2, 0.25) is 0 Å². The number of rotatable bonds is 3. The summed E-state index contributed by atoms with van der Waals surface area (Å²) in [5.41, 5.74) is 5.70. The SMILES string of the molecule is Cc1nc(/C=N\NC(=S)Nc2ccccc2C)cs1. The Labute approximate surface area is 121 Å². The number of hydrogen-bond donors (Lipinski definition) is 2. The van der Waals surface area contributed by atoms with Gasteiger partial charge < -0.3 is 5.32 Å². The van der Waals surface area contributed by atoms with Crippen LogP contribution < -0.4 is 10.7 Å². The number of nitrogens with one attached hydrogen (secondary N) is 2. The molecule has 0 spiro atoms. The maximum absolute atomic E-state index is 5.16. The molecule has 6 heteroatoms. The summed E-state index contributed by atoms with van der Waals surface area (Å²) in [6.45, 7) is 3.98. The number of aromatic nitrogens is 1. The Bertz CT molecular complexity index is 604. The van der Waals surface area contributed by atoms with Crippen LogP contribution in [0.25, 0.3) is 0 Å². The standard InChI is InChI=1S/C13H14N4S2/c1-9-5-3-4-6-12(9)16-13(18)17-14-7-11-8-19-10(2)15-11/h3-8H,1-2H3,(H2,16,17,18)/b14-7-. The zero-order chi connectivity index (χ0) is 13.7. The van der Waals surface area contributed by atoms with E-state index in [9.17, 15) is 0 Å². The second-order valence-electron chi connectivity index (χ2n) is 3.93. The lowest BCUT2D eigenvalue weighted by Crippen LogP contribution is -2.24. The number of aryl methyl sites for hydroxylation is 2. The Balaban J connectivity index is 1.88. The van der Waals surface area contributed by atoms with Crippen molar-refractivity contribution < 1.29 is 0 Å². The third-order valence-electron chi connectivity index (χ3n) is 2.39. The van der Waals surface area contributed by atoms with Gasteiger partial charge in [-0.15, -0.1) is 11.3 Å². The van der Waals surface area contributed by atoms with Gasteiger partial charge in [0.1, 0.15) is 0 Å². The van der Waals surface area contributed by atoms with Gasteiger partial charge in [-0.1, -0.05) is 18.2 Å². The average molecular weight is 290 g/mol. The summed E-state index contributed by atoms with van der Waals surface area (Å²) in [6, 6.07) is 7.93. The van der Waals surface area contributed by atoms with Crippen molar-refractivity contribution >= 4 is 40.6 Å². The molecule has 1 aromatic heterocycles. The first-order chi connectivity index (χ1) is 9.15. The molecule has 0 aliphatic rings. The summed E-state index contributed by atoms with van der Waals surface area (Å²) in [5.74, 6) is 0. The van der Waals surface area contributed by atoms with Gasteiger partial charge in [0.25, 0.3) is 0 Å². The van der Waals surface area contributed by atoms with Crippen LogP contribution in [0.1, 0.15) is 16.3 Å². The van der Waals surface area contributed by atoms with E-state index in [-0.39, 0.29) is 0 Å². The maximum atomic E-state index is 5.16. The van der Waals surface area contributed by atoms with Gasteiger partial charge in [-0.25, -0.2) is 4.98 Å². The van der Waals surface area contributed by atoms with Crippen molar-refractivity contribution in [2.75, 3.05) is 5.32 Å². The van der Waals surface area contributed by atoms with Crippen molar-refractivity contribution in [1.82, 2.24) is 10.4 Å². The number of hydrogen-bond acceptors (Lipinski definition) is 4. The van der Waals surface area contributed by atoms with Crippen LogP contribution in [0.5, 0.6) is 0 Å². The van der Waals surface area contributed by atoms with Gasteiger partial charge in [-0.2, -0.15) is 5.10 Å². The van der Waals surface area contributed by atoms with Crippen molar-refractivity contribution in [3.8, 4) is 0 Å². The lowest BCUT2D eigenvalue weighted by Gasteiger charge is -2.08. The monoisotopic (exact) mass is 290 g/mol. The van der Waals surface area contributed by atoms with E-state index in [0.717, 1.165) is 22.0 Å². The van der Waals surface area contributed by atoms with Crippen molar-refractivity contribution in [2.24, 2.45) is 5.10 Å². The normalized spacial score (nSPS) is 10.6. The Hall–Kier alpha value is -1.79. The smallest absolute Gasteiger partial charge is 0.191 e. The van der Waals surface area contributed by atoms with Gasteiger partial charge in [0.05, 0.1) is 16.9 Å². The second-order valence-corrected chi connectivity index (χ2v) is 5.40. The molecule has 0 aliphatic heterocycles. The summed E-state index contributed by atoms with van der Waals surface area (Å²) in [7, 11) is 0. The molecule has 0 atom stereocenters. The molecule has 2 N–H and O–H groups in total. The second kappa shape index (κ2) is 6.40. The lowest BCUT2D eigenvalue weighted by molar-refractivity contribution is 1.05. The fraction of sp³-hybridized carbons (Fsp3) is 0.154. The molecule has 1 heterocycles. The molecule has 1 aromatic carbocycles. The predicted octanol–water partition coefficient (Wildman–Crippen LogP) is 3.08. The first kappa shape index (κ1) is 13.6. The van der Waals surface area contributed by atoms with Crippen molar-refractivity contribution in [3.05, 3.63) is 45.9 Å². The molecular formula is C13H14N4S2. The van der Waals surface area contributed by atoms with Crippen LogP contribution in [0.3, 0.4) is 0 Å². The highest BCUT2D eigenvalue weighted by Gasteiger charge is 1.99.